The Morgan fingerprint density at radius 1 is 1.19 bits per heavy atom. The first kappa shape index (κ1) is 23.1. The SMILES string of the molecule is CCc1ccc(OCC(=O)O)c([C@H]2C[C@](C)(NC(C)=O)C[C@@H](c3ccc(Cl)cc3)O2)c1. The summed E-state index contributed by atoms with van der Waals surface area (Å²) < 4.78 is 12.1. The summed E-state index contributed by atoms with van der Waals surface area (Å²) >= 11 is 6.05. The maximum atomic E-state index is 11.9. The molecule has 0 saturated carbocycles. The van der Waals surface area contributed by atoms with Crippen LogP contribution in [-0.2, 0) is 20.7 Å². The molecule has 0 unspecified atom stereocenters. The molecule has 3 rings (SSSR count). The van der Waals surface area contributed by atoms with Gasteiger partial charge in [0.1, 0.15) is 5.75 Å². The van der Waals surface area contributed by atoms with Crippen LogP contribution in [0.1, 0.15) is 62.5 Å². The molecule has 1 aliphatic heterocycles. The van der Waals surface area contributed by atoms with Gasteiger partial charge in [0, 0.05) is 35.9 Å². The minimum atomic E-state index is -1.04. The topological polar surface area (TPSA) is 84.9 Å². The number of hydrogen-bond donors (Lipinski definition) is 2. The first-order valence-electron chi connectivity index (χ1n) is 10.4. The summed E-state index contributed by atoms with van der Waals surface area (Å²) in [6, 6.07) is 13.2. The lowest BCUT2D eigenvalue weighted by atomic mass is 9.81. The molecule has 6 nitrogen and oxygen atoms in total. The fourth-order valence-electron chi connectivity index (χ4n) is 4.12. The second-order valence-corrected chi connectivity index (χ2v) is 8.66. The fraction of sp³-hybridized carbons (Fsp3) is 0.417. The largest absolute Gasteiger partial charge is 0.482 e. The minimum absolute atomic E-state index is 0.109. The number of carbonyl (C=O) groups excluding carboxylic acids is 1. The Bertz CT molecular complexity index is 945. The Kier molecular flexibility index (Phi) is 7.23. The number of benzene rings is 2. The van der Waals surface area contributed by atoms with Gasteiger partial charge in [-0.15, -0.1) is 0 Å². The van der Waals surface area contributed by atoms with E-state index in [1.807, 2.05) is 43.3 Å². The molecule has 1 saturated heterocycles. The van der Waals surface area contributed by atoms with Gasteiger partial charge in [-0.05, 0) is 48.7 Å². The average Bonchev–Trinajstić information content (AvgIpc) is 2.71. The van der Waals surface area contributed by atoms with Crippen molar-refractivity contribution in [2.75, 3.05) is 6.61 Å². The summed E-state index contributed by atoms with van der Waals surface area (Å²) in [5, 5.41) is 12.8. The van der Waals surface area contributed by atoms with Gasteiger partial charge in [-0.1, -0.05) is 36.7 Å². The maximum Gasteiger partial charge on any atom is 0.341 e. The van der Waals surface area contributed by atoms with Crippen LogP contribution < -0.4 is 10.1 Å². The number of carbonyl (C=O) groups is 2. The average molecular weight is 446 g/mol. The van der Waals surface area contributed by atoms with E-state index >= 15 is 0 Å². The van der Waals surface area contributed by atoms with E-state index in [-0.39, 0.29) is 18.1 Å². The third-order valence-corrected chi connectivity index (χ3v) is 5.75. The molecule has 1 aliphatic rings. The molecular formula is C24H28ClNO5. The zero-order valence-electron chi connectivity index (χ0n) is 18.0. The van der Waals surface area contributed by atoms with Crippen molar-refractivity contribution in [3.05, 3.63) is 64.2 Å². The lowest BCUT2D eigenvalue weighted by Gasteiger charge is -2.43. The minimum Gasteiger partial charge on any atom is -0.482 e. The standard InChI is InChI=1S/C24H28ClNO5/c1-4-16-5-10-20(30-14-23(28)29)19(11-16)22-13-24(3,26-15(2)27)12-21(31-22)17-6-8-18(25)9-7-17/h5-11,21-22H,4,12-14H2,1-3H3,(H,26,27)(H,28,29)/t21-,22+,24+/m0/s1. The van der Waals surface area contributed by atoms with Crippen LogP contribution in [-0.4, -0.2) is 29.1 Å². The summed E-state index contributed by atoms with van der Waals surface area (Å²) in [5.74, 6) is -0.675. The highest BCUT2D eigenvalue weighted by molar-refractivity contribution is 6.30. The van der Waals surface area contributed by atoms with Crippen molar-refractivity contribution < 1.29 is 24.2 Å². The molecular weight excluding hydrogens is 418 g/mol. The number of hydrogen-bond acceptors (Lipinski definition) is 4. The van der Waals surface area contributed by atoms with E-state index in [1.54, 1.807) is 6.07 Å². The van der Waals surface area contributed by atoms with Crippen LogP contribution in [0.2, 0.25) is 5.02 Å². The number of ether oxygens (including phenoxy) is 2. The predicted octanol–water partition coefficient (Wildman–Crippen LogP) is 4.85. The molecule has 0 aliphatic carbocycles. The highest BCUT2D eigenvalue weighted by atomic mass is 35.5. The van der Waals surface area contributed by atoms with Gasteiger partial charge in [-0.2, -0.15) is 0 Å². The number of carboxylic acids is 1. The molecule has 0 spiro atoms. The number of aryl methyl sites for hydroxylation is 1. The second-order valence-electron chi connectivity index (χ2n) is 8.22. The third kappa shape index (κ3) is 5.99. The van der Waals surface area contributed by atoms with Gasteiger partial charge < -0.3 is 19.9 Å². The van der Waals surface area contributed by atoms with Crippen LogP contribution in [0.25, 0.3) is 0 Å². The summed E-state index contributed by atoms with van der Waals surface area (Å²) in [6.07, 6.45) is 1.30. The van der Waals surface area contributed by atoms with Crippen LogP contribution in [0.5, 0.6) is 5.75 Å². The monoisotopic (exact) mass is 445 g/mol. The molecule has 31 heavy (non-hydrogen) atoms. The van der Waals surface area contributed by atoms with E-state index in [9.17, 15) is 9.59 Å². The molecule has 2 aromatic rings. The Labute approximate surface area is 187 Å². The van der Waals surface area contributed by atoms with Gasteiger partial charge in [0.2, 0.25) is 5.91 Å². The number of nitrogens with one attached hydrogen (secondary N) is 1. The first-order chi connectivity index (χ1) is 14.7. The molecule has 0 radical (unpaired) electrons. The predicted molar refractivity (Wildman–Crippen MR) is 118 cm³/mol. The Morgan fingerprint density at radius 3 is 2.48 bits per heavy atom. The van der Waals surface area contributed by atoms with Gasteiger partial charge in [0.25, 0.3) is 0 Å². The van der Waals surface area contributed by atoms with E-state index in [4.69, 9.17) is 26.2 Å². The summed E-state index contributed by atoms with van der Waals surface area (Å²) in [7, 11) is 0. The Balaban J connectivity index is 2.00. The van der Waals surface area contributed by atoms with Gasteiger partial charge in [-0.3, -0.25) is 4.79 Å². The van der Waals surface area contributed by atoms with Crippen molar-refractivity contribution in [3.63, 3.8) is 0 Å². The molecule has 7 heteroatoms. The second kappa shape index (κ2) is 9.71. The highest BCUT2D eigenvalue weighted by Gasteiger charge is 2.40. The Morgan fingerprint density at radius 2 is 1.87 bits per heavy atom. The number of amides is 1. The third-order valence-electron chi connectivity index (χ3n) is 5.50. The molecule has 3 atom stereocenters. The molecule has 1 heterocycles. The molecule has 1 amide bonds. The van der Waals surface area contributed by atoms with Crippen LogP contribution in [0.15, 0.2) is 42.5 Å². The van der Waals surface area contributed by atoms with Crippen LogP contribution in [0.4, 0.5) is 0 Å². The van der Waals surface area contributed by atoms with Gasteiger partial charge in [0.05, 0.1) is 12.2 Å². The zero-order chi connectivity index (χ0) is 22.6. The highest BCUT2D eigenvalue weighted by Crippen LogP contribution is 2.46. The summed E-state index contributed by atoms with van der Waals surface area (Å²) in [6.45, 7) is 5.13. The smallest absolute Gasteiger partial charge is 0.341 e. The van der Waals surface area contributed by atoms with E-state index in [0.717, 1.165) is 23.1 Å². The number of aliphatic carboxylic acids is 1. The quantitative estimate of drug-likeness (QED) is 0.636. The number of halogens is 1. The molecule has 166 valence electrons. The van der Waals surface area contributed by atoms with E-state index in [1.165, 1.54) is 6.92 Å². The number of rotatable bonds is 7. The van der Waals surface area contributed by atoms with E-state index < -0.39 is 18.1 Å². The molecule has 1 fully saturated rings. The van der Waals surface area contributed by atoms with Crippen molar-refractivity contribution in [2.24, 2.45) is 0 Å². The van der Waals surface area contributed by atoms with Gasteiger partial charge in [-0.25, -0.2) is 4.79 Å². The van der Waals surface area contributed by atoms with Crippen LogP contribution in [0, 0.1) is 0 Å². The first-order valence-corrected chi connectivity index (χ1v) is 10.7. The van der Waals surface area contributed by atoms with Crippen molar-refractivity contribution in [1.29, 1.82) is 0 Å². The molecule has 2 N–H and O–H groups in total. The lowest BCUT2D eigenvalue weighted by molar-refractivity contribution is -0.139. The van der Waals surface area contributed by atoms with Crippen molar-refractivity contribution >= 4 is 23.5 Å². The molecule has 0 aromatic heterocycles. The van der Waals surface area contributed by atoms with Crippen molar-refractivity contribution in [3.8, 4) is 5.75 Å². The fourth-order valence-corrected chi connectivity index (χ4v) is 4.25. The summed E-state index contributed by atoms with van der Waals surface area (Å²) in [4.78, 5) is 23.0. The van der Waals surface area contributed by atoms with E-state index in [0.29, 0.717) is 23.6 Å². The zero-order valence-corrected chi connectivity index (χ0v) is 18.7. The van der Waals surface area contributed by atoms with Crippen molar-refractivity contribution in [2.45, 2.75) is 57.8 Å². The van der Waals surface area contributed by atoms with Crippen LogP contribution in [0.3, 0.4) is 0 Å². The van der Waals surface area contributed by atoms with Gasteiger partial charge in [0.15, 0.2) is 6.61 Å². The molecule has 0 bridgehead atoms. The van der Waals surface area contributed by atoms with E-state index in [2.05, 4.69) is 12.2 Å². The molecule has 2 aromatic carbocycles. The van der Waals surface area contributed by atoms with Gasteiger partial charge >= 0.3 is 5.97 Å². The summed E-state index contributed by atoms with van der Waals surface area (Å²) in [5.41, 5.74) is 2.34. The lowest BCUT2D eigenvalue weighted by Crippen LogP contribution is -2.50. The van der Waals surface area contributed by atoms with Crippen molar-refractivity contribution in [1.82, 2.24) is 5.32 Å². The normalized spacial score (nSPS) is 23.2. The Hall–Kier alpha value is -2.57. The maximum absolute atomic E-state index is 11.9. The number of carboxylic acid groups (broad SMARTS) is 1. The van der Waals surface area contributed by atoms with Crippen LogP contribution >= 0.6 is 11.6 Å².